The fraction of sp³-hybridized carbons (Fsp3) is 0.0952. The third kappa shape index (κ3) is 5.55. The largest absolute Gasteiger partial charge is 0.493 e. The molecule has 6 nitrogen and oxygen atoms in total. The number of rotatable bonds is 7. The van der Waals surface area contributed by atoms with E-state index in [0.717, 1.165) is 5.56 Å². The van der Waals surface area contributed by atoms with Gasteiger partial charge in [0.05, 0.1) is 18.9 Å². The minimum atomic E-state index is -0.480. The number of amides is 1. The van der Waals surface area contributed by atoms with E-state index in [9.17, 15) is 9.18 Å². The molecule has 0 atom stereocenters. The Morgan fingerprint density at radius 3 is 2.73 bits per heavy atom. The Kier molecular flexibility index (Phi) is 7.37. The molecule has 3 aromatic rings. The first-order chi connectivity index (χ1) is 14.5. The van der Waals surface area contributed by atoms with Crippen LogP contribution in [0.25, 0.3) is 0 Å². The molecule has 30 heavy (non-hydrogen) atoms. The Balaban J connectivity index is 1.70. The Hall–Kier alpha value is -2.97. The lowest BCUT2D eigenvalue weighted by Gasteiger charge is -2.13. The average Bonchev–Trinajstić information content (AvgIpc) is 2.74. The van der Waals surface area contributed by atoms with E-state index in [-0.39, 0.29) is 23.1 Å². The lowest BCUT2D eigenvalue weighted by molar-refractivity contribution is 0.0955. The van der Waals surface area contributed by atoms with E-state index >= 15 is 0 Å². The third-order valence-electron chi connectivity index (χ3n) is 3.96. The first-order valence-electron chi connectivity index (χ1n) is 8.66. The van der Waals surface area contributed by atoms with Gasteiger partial charge in [0.15, 0.2) is 11.5 Å². The summed E-state index contributed by atoms with van der Waals surface area (Å²) in [6.45, 7) is 0.248. The van der Waals surface area contributed by atoms with Gasteiger partial charge in [0, 0.05) is 16.2 Å². The maximum Gasteiger partial charge on any atom is 0.274 e. The maximum absolute atomic E-state index is 13.0. The van der Waals surface area contributed by atoms with Crippen molar-refractivity contribution in [3.05, 3.63) is 86.9 Å². The molecule has 1 heterocycles. The SMILES string of the molecule is COc1cc(C=NNC(=O)c2cccnc2Cl)c(Br)cc1OCc1ccc(F)cc1. The molecule has 0 radical (unpaired) electrons. The first kappa shape index (κ1) is 21.7. The molecule has 9 heteroatoms. The van der Waals surface area contributed by atoms with Crippen LogP contribution in [0.3, 0.4) is 0 Å². The number of nitrogens with zero attached hydrogens (tertiary/aromatic N) is 2. The van der Waals surface area contributed by atoms with Gasteiger partial charge in [-0.25, -0.2) is 14.8 Å². The number of methoxy groups -OCH3 is 1. The predicted octanol–water partition coefficient (Wildman–Crippen LogP) is 4.99. The summed E-state index contributed by atoms with van der Waals surface area (Å²) in [7, 11) is 1.51. The highest BCUT2D eigenvalue weighted by atomic mass is 79.9. The summed E-state index contributed by atoms with van der Waals surface area (Å²) in [6, 6.07) is 12.6. The van der Waals surface area contributed by atoms with Crippen LogP contribution < -0.4 is 14.9 Å². The monoisotopic (exact) mass is 491 g/mol. The van der Waals surface area contributed by atoms with Crippen LogP contribution in [0.2, 0.25) is 5.15 Å². The standard InChI is InChI=1S/C21H16BrClFN3O3/c1-29-18-9-14(11-26-27-21(28)16-3-2-8-25-20(16)23)17(22)10-19(18)30-12-13-4-6-15(24)7-5-13/h2-11H,12H2,1H3,(H,27,28). The summed E-state index contributed by atoms with van der Waals surface area (Å²) < 4.78 is 24.9. The van der Waals surface area contributed by atoms with Crippen molar-refractivity contribution in [3.63, 3.8) is 0 Å². The summed E-state index contributed by atoms with van der Waals surface area (Å²) in [5.74, 6) is 0.188. The van der Waals surface area contributed by atoms with E-state index in [1.807, 2.05) is 0 Å². The van der Waals surface area contributed by atoms with E-state index in [1.54, 1.807) is 36.4 Å². The second-order valence-electron chi connectivity index (χ2n) is 5.98. The van der Waals surface area contributed by atoms with E-state index in [4.69, 9.17) is 21.1 Å². The molecule has 1 N–H and O–H groups in total. The van der Waals surface area contributed by atoms with Crippen LogP contribution in [0.5, 0.6) is 11.5 Å². The number of pyridine rings is 1. The van der Waals surface area contributed by atoms with Crippen LogP contribution in [-0.2, 0) is 6.61 Å². The van der Waals surface area contributed by atoms with Crippen molar-refractivity contribution in [1.29, 1.82) is 0 Å². The number of carbonyl (C=O) groups is 1. The molecule has 154 valence electrons. The van der Waals surface area contributed by atoms with Crippen LogP contribution in [0, 0.1) is 5.82 Å². The number of carbonyl (C=O) groups excluding carboxylic acids is 1. The number of hydrogen-bond acceptors (Lipinski definition) is 5. The van der Waals surface area contributed by atoms with Gasteiger partial charge in [-0.1, -0.05) is 23.7 Å². The van der Waals surface area contributed by atoms with Crippen molar-refractivity contribution in [2.45, 2.75) is 6.61 Å². The first-order valence-corrected chi connectivity index (χ1v) is 9.83. The van der Waals surface area contributed by atoms with Gasteiger partial charge in [-0.2, -0.15) is 5.10 Å². The third-order valence-corrected chi connectivity index (χ3v) is 4.95. The summed E-state index contributed by atoms with van der Waals surface area (Å²) >= 11 is 9.35. The number of ether oxygens (including phenoxy) is 2. The lowest BCUT2D eigenvalue weighted by Crippen LogP contribution is -2.18. The van der Waals surface area contributed by atoms with E-state index in [1.165, 1.54) is 31.7 Å². The zero-order valence-electron chi connectivity index (χ0n) is 15.7. The zero-order chi connectivity index (χ0) is 21.5. The highest BCUT2D eigenvalue weighted by Crippen LogP contribution is 2.33. The summed E-state index contributed by atoms with van der Waals surface area (Å²) in [4.78, 5) is 16.0. The minimum absolute atomic E-state index is 0.0932. The lowest BCUT2D eigenvalue weighted by atomic mass is 10.2. The quantitative estimate of drug-likeness (QED) is 0.287. The van der Waals surface area contributed by atoms with Crippen molar-refractivity contribution < 1.29 is 18.7 Å². The Morgan fingerprint density at radius 1 is 1.27 bits per heavy atom. The minimum Gasteiger partial charge on any atom is -0.493 e. The molecular weight excluding hydrogens is 477 g/mol. The zero-order valence-corrected chi connectivity index (χ0v) is 18.1. The smallest absolute Gasteiger partial charge is 0.274 e. The van der Waals surface area contributed by atoms with Crippen molar-refractivity contribution in [3.8, 4) is 11.5 Å². The van der Waals surface area contributed by atoms with Gasteiger partial charge in [-0.05, 0) is 57.9 Å². The highest BCUT2D eigenvalue weighted by Gasteiger charge is 2.11. The summed E-state index contributed by atoms with van der Waals surface area (Å²) in [6.07, 6.45) is 2.95. The van der Waals surface area contributed by atoms with Crippen molar-refractivity contribution in [1.82, 2.24) is 10.4 Å². The molecule has 0 fully saturated rings. The van der Waals surface area contributed by atoms with Gasteiger partial charge in [0.1, 0.15) is 17.6 Å². The second kappa shape index (κ2) is 10.2. The topological polar surface area (TPSA) is 72.8 Å². The second-order valence-corrected chi connectivity index (χ2v) is 7.19. The van der Waals surface area contributed by atoms with Gasteiger partial charge in [-0.15, -0.1) is 0 Å². The maximum atomic E-state index is 13.0. The molecule has 1 aromatic heterocycles. The Morgan fingerprint density at radius 2 is 2.03 bits per heavy atom. The molecule has 0 saturated heterocycles. The molecule has 0 aliphatic heterocycles. The van der Waals surface area contributed by atoms with Gasteiger partial charge in [-0.3, -0.25) is 4.79 Å². The molecule has 1 amide bonds. The van der Waals surface area contributed by atoms with Crippen LogP contribution in [0.1, 0.15) is 21.5 Å². The van der Waals surface area contributed by atoms with E-state index in [2.05, 4.69) is 31.4 Å². The molecule has 0 unspecified atom stereocenters. The number of halogens is 3. The van der Waals surface area contributed by atoms with Gasteiger partial charge in [0.25, 0.3) is 5.91 Å². The molecular formula is C21H16BrClFN3O3. The Labute approximate surface area is 185 Å². The van der Waals surface area contributed by atoms with Gasteiger partial charge < -0.3 is 9.47 Å². The molecule has 2 aromatic carbocycles. The molecule has 0 aliphatic carbocycles. The van der Waals surface area contributed by atoms with Crippen LogP contribution in [0.4, 0.5) is 4.39 Å². The van der Waals surface area contributed by atoms with E-state index < -0.39 is 5.91 Å². The average molecular weight is 493 g/mol. The normalized spacial score (nSPS) is 10.8. The number of hydrogen-bond donors (Lipinski definition) is 1. The number of hydrazone groups is 1. The predicted molar refractivity (Wildman–Crippen MR) is 116 cm³/mol. The van der Waals surface area contributed by atoms with Crippen LogP contribution in [0.15, 0.2) is 64.3 Å². The van der Waals surface area contributed by atoms with Crippen molar-refractivity contribution >= 4 is 39.7 Å². The highest BCUT2D eigenvalue weighted by molar-refractivity contribution is 9.10. The fourth-order valence-corrected chi connectivity index (χ4v) is 3.07. The van der Waals surface area contributed by atoms with Crippen LogP contribution in [-0.4, -0.2) is 24.2 Å². The molecule has 0 saturated carbocycles. The molecule has 0 spiro atoms. The van der Waals surface area contributed by atoms with Gasteiger partial charge >= 0.3 is 0 Å². The van der Waals surface area contributed by atoms with Gasteiger partial charge in [0.2, 0.25) is 0 Å². The van der Waals surface area contributed by atoms with Crippen LogP contribution >= 0.6 is 27.5 Å². The van der Waals surface area contributed by atoms with Crippen molar-refractivity contribution in [2.75, 3.05) is 7.11 Å². The molecule has 0 bridgehead atoms. The fourth-order valence-electron chi connectivity index (χ4n) is 2.44. The molecule has 3 rings (SSSR count). The van der Waals surface area contributed by atoms with E-state index in [0.29, 0.717) is 21.5 Å². The summed E-state index contributed by atoms with van der Waals surface area (Å²) in [5, 5.41) is 4.05. The Bertz CT molecular complexity index is 1080. The molecule has 0 aliphatic rings. The van der Waals surface area contributed by atoms with Crippen molar-refractivity contribution in [2.24, 2.45) is 5.10 Å². The number of nitrogens with one attached hydrogen (secondary N) is 1. The summed E-state index contributed by atoms with van der Waals surface area (Å²) in [5.41, 5.74) is 4.09. The number of aromatic nitrogens is 1. The number of benzene rings is 2.